The molecule has 1 aromatic carbocycles. The number of hydrogen-bond acceptors (Lipinski definition) is 2. The number of benzene rings is 1. The van der Waals surface area contributed by atoms with E-state index in [1.807, 2.05) is 0 Å². The molecule has 1 aromatic rings. The van der Waals surface area contributed by atoms with E-state index in [0.717, 1.165) is 17.7 Å². The van der Waals surface area contributed by atoms with E-state index in [2.05, 4.69) is 19.2 Å². The van der Waals surface area contributed by atoms with Crippen molar-refractivity contribution in [2.24, 2.45) is 0 Å². The van der Waals surface area contributed by atoms with Crippen LogP contribution < -0.4 is 5.32 Å². The molecule has 19 heavy (non-hydrogen) atoms. The Labute approximate surface area is 111 Å². The zero-order valence-electron chi connectivity index (χ0n) is 11.1. The van der Waals surface area contributed by atoms with Gasteiger partial charge in [0.25, 0.3) is 0 Å². The minimum atomic E-state index is -4.27. The summed E-state index contributed by atoms with van der Waals surface area (Å²) in [5.74, 6) is 0. The van der Waals surface area contributed by atoms with E-state index in [-0.39, 0.29) is 11.6 Å². The van der Waals surface area contributed by atoms with Crippen LogP contribution in [0.1, 0.15) is 25.0 Å². The Balaban J connectivity index is 1.94. The van der Waals surface area contributed by atoms with Gasteiger partial charge >= 0.3 is 6.18 Å². The van der Waals surface area contributed by atoms with E-state index in [1.165, 1.54) is 12.1 Å². The zero-order chi connectivity index (χ0) is 14.1. The molecule has 0 aromatic heterocycles. The number of hydrogen-bond donors (Lipinski definition) is 1. The van der Waals surface area contributed by atoms with Crippen LogP contribution in [0.15, 0.2) is 24.3 Å². The first kappa shape index (κ1) is 14.3. The number of morpholine rings is 1. The SMILES string of the molecule is CC1(C)COC(Cc2ccc(C(F)(F)F)cc2)CN1. The summed E-state index contributed by atoms with van der Waals surface area (Å²) in [4.78, 5) is 0. The van der Waals surface area contributed by atoms with E-state index < -0.39 is 11.7 Å². The predicted octanol–water partition coefficient (Wildman–Crippen LogP) is 3.01. The molecule has 0 bridgehead atoms. The van der Waals surface area contributed by atoms with Crippen LogP contribution in [0.4, 0.5) is 13.2 Å². The van der Waals surface area contributed by atoms with E-state index in [0.29, 0.717) is 19.6 Å². The second-order valence-corrected chi connectivity index (χ2v) is 5.60. The van der Waals surface area contributed by atoms with Gasteiger partial charge < -0.3 is 10.1 Å². The maximum Gasteiger partial charge on any atom is 0.416 e. The first-order chi connectivity index (χ1) is 8.76. The van der Waals surface area contributed by atoms with Crippen LogP contribution in [0.2, 0.25) is 0 Å². The molecule has 1 aliphatic rings. The van der Waals surface area contributed by atoms with Gasteiger partial charge in [-0.15, -0.1) is 0 Å². The van der Waals surface area contributed by atoms with Crippen LogP contribution in [0.3, 0.4) is 0 Å². The maximum absolute atomic E-state index is 12.4. The molecule has 1 fully saturated rings. The smallest absolute Gasteiger partial charge is 0.375 e. The fraction of sp³-hybridized carbons (Fsp3) is 0.571. The van der Waals surface area contributed by atoms with Gasteiger partial charge in [0, 0.05) is 12.1 Å². The van der Waals surface area contributed by atoms with Crippen LogP contribution in [0, 0.1) is 0 Å². The summed E-state index contributed by atoms with van der Waals surface area (Å²) in [6, 6.07) is 5.28. The molecular weight excluding hydrogens is 255 g/mol. The highest BCUT2D eigenvalue weighted by Crippen LogP contribution is 2.29. The normalized spacial score (nSPS) is 23.3. The third-order valence-corrected chi connectivity index (χ3v) is 3.23. The van der Waals surface area contributed by atoms with Crippen LogP contribution in [-0.2, 0) is 17.3 Å². The van der Waals surface area contributed by atoms with Gasteiger partial charge in [-0.1, -0.05) is 12.1 Å². The lowest BCUT2D eigenvalue weighted by Crippen LogP contribution is -2.53. The lowest BCUT2D eigenvalue weighted by molar-refractivity contribution is -0.137. The Morgan fingerprint density at radius 3 is 2.37 bits per heavy atom. The Bertz CT molecular complexity index is 415. The van der Waals surface area contributed by atoms with Gasteiger partial charge in [-0.05, 0) is 38.0 Å². The number of ether oxygens (including phenoxy) is 1. The van der Waals surface area contributed by atoms with Crippen LogP contribution >= 0.6 is 0 Å². The van der Waals surface area contributed by atoms with Crippen molar-refractivity contribution in [1.82, 2.24) is 5.32 Å². The first-order valence-electron chi connectivity index (χ1n) is 6.29. The molecule has 0 aliphatic carbocycles. The lowest BCUT2D eigenvalue weighted by Gasteiger charge is -2.36. The summed E-state index contributed by atoms with van der Waals surface area (Å²) in [7, 11) is 0. The van der Waals surface area contributed by atoms with E-state index in [4.69, 9.17) is 4.74 Å². The minimum absolute atomic E-state index is 0.0183. The molecular formula is C14H18F3NO. The maximum atomic E-state index is 12.4. The van der Waals surface area contributed by atoms with Crippen molar-refractivity contribution < 1.29 is 17.9 Å². The Morgan fingerprint density at radius 1 is 1.26 bits per heavy atom. The largest absolute Gasteiger partial charge is 0.416 e. The van der Waals surface area contributed by atoms with Gasteiger partial charge in [-0.3, -0.25) is 0 Å². The molecule has 1 unspecified atom stereocenters. The Kier molecular flexibility index (Phi) is 3.87. The standard InChI is InChI=1S/C14H18F3NO/c1-13(2)9-19-12(8-18-13)7-10-3-5-11(6-4-10)14(15,16)17/h3-6,12,18H,7-9H2,1-2H3. The molecule has 0 saturated carbocycles. The van der Waals surface area contributed by atoms with E-state index >= 15 is 0 Å². The van der Waals surface area contributed by atoms with Crippen LogP contribution in [0.5, 0.6) is 0 Å². The molecule has 5 heteroatoms. The summed E-state index contributed by atoms with van der Waals surface area (Å²) in [6.45, 7) is 5.44. The predicted molar refractivity (Wildman–Crippen MR) is 67.0 cm³/mol. The summed E-state index contributed by atoms with van der Waals surface area (Å²) in [6.07, 6.45) is -3.63. The topological polar surface area (TPSA) is 21.3 Å². The van der Waals surface area contributed by atoms with Crippen molar-refractivity contribution in [2.45, 2.75) is 38.1 Å². The van der Waals surface area contributed by atoms with Gasteiger partial charge in [0.15, 0.2) is 0 Å². The van der Waals surface area contributed by atoms with Crippen LogP contribution in [-0.4, -0.2) is 24.8 Å². The molecule has 0 amide bonds. The molecule has 0 spiro atoms. The lowest BCUT2D eigenvalue weighted by atomic mass is 10.0. The quantitative estimate of drug-likeness (QED) is 0.894. The molecule has 0 radical (unpaired) electrons. The number of alkyl halides is 3. The third kappa shape index (κ3) is 3.94. The van der Waals surface area contributed by atoms with E-state index in [1.54, 1.807) is 0 Å². The molecule has 2 rings (SSSR count). The summed E-state index contributed by atoms with van der Waals surface area (Å²) in [5.41, 5.74) is 0.218. The summed E-state index contributed by atoms with van der Waals surface area (Å²) in [5, 5.41) is 3.36. The van der Waals surface area contributed by atoms with Crippen molar-refractivity contribution >= 4 is 0 Å². The average molecular weight is 273 g/mol. The highest BCUT2D eigenvalue weighted by molar-refractivity contribution is 5.25. The van der Waals surface area contributed by atoms with Gasteiger partial charge in [-0.25, -0.2) is 0 Å². The Morgan fingerprint density at radius 2 is 1.89 bits per heavy atom. The zero-order valence-corrected chi connectivity index (χ0v) is 11.1. The second kappa shape index (κ2) is 5.13. The molecule has 1 aliphatic heterocycles. The fourth-order valence-electron chi connectivity index (χ4n) is 2.05. The molecule has 1 saturated heterocycles. The van der Waals surface area contributed by atoms with Gasteiger partial charge in [0.05, 0.1) is 18.3 Å². The van der Waals surface area contributed by atoms with Crippen LogP contribution in [0.25, 0.3) is 0 Å². The molecule has 1 N–H and O–H groups in total. The van der Waals surface area contributed by atoms with Crippen molar-refractivity contribution in [3.63, 3.8) is 0 Å². The van der Waals surface area contributed by atoms with E-state index in [9.17, 15) is 13.2 Å². The monoisotopic (exact) mass is 273 g/mol. The molecule has 1 atom stereocenters. The fourth-order valence-corrected chi connectivity index (χ4v) is 2.05. The highest BCUT2D eigenvalue weighted by atomic mass is 19.4. The molecule has 2 nitrogen and oxygen atoms in total. The average Bonchev–Trinajstić information content (AvgIpc) is 2.31. The third-order valence-electron chi connectivity index (χ3n) is 3.23. The second-order valence-electron chi connectivity index (χ2n) is 5.60. The first-order valence-corrected chi connectivity index (χ1v) is 6.29. The van der Waals surface area contributed by atoms with Gasteiger partial charge in [-0.2, -0.15) is 13.2 Å². The van der Waals surface area contributed by atoms with Crippen molar-refractivity contribution in [3.8, 4) is 0 Å². The van der Waals surface area contributed by atoms with Gasteiger partial charge in [0.2, 0.25) is 0 Å². The summed E-state index contributed by atoms with van der Waals surface area (Å²) < 4.78 is 43.0. The number of nitrogens with one attached hydrogen (secondary N) is 1. The van der Waals surface area contributed by atoms with Crippen molar-refractivity contribution in [2.75, 3.05) is 13.2 Å². The minimum Gasteiger partial charge on any atom is -0.375 e. The summed E-state index contributed by atoms with van der Waals surface area (Å²) >= 11 is 0. The highest BCUT2D eigenvalue weighted by Gasteiger charge is 2.30. The molecule has 106 valence electrons. The van der Waals surface area contributed by atoms with Crippen molar-refractivity contribution in [3.05, 3.63) is 35.4 Å². The van der Waals surface area contributed by atoms with Gasteiger partial charge in [0.1, 0.15) is 0 Å². The Hall–Kier alpha value is -1.07. The number of rotatable bonds is 2. The molecule has 1 heterocycles. The number of halogens is 3. The van der Waals surface area contributed by atoms with Crippen molar-refractivity contribution in [1.29, 1.82) is 0 Å².